The molecule has 0 amide bonds. The minimum atomic E-state index is -0.201. The summed E-state index contributed by atoms with van der Waals surface area (Å²) in [5.41, 5.74) is 27.5. The van der Waals surface area contributed by atoms with E-state index >= 15 is 0 Å². The Morgan fingerprint density at radius 2 is 0.963 bits per heavy atom. The summed E-state index contributed by atoms with van der Waals surface area (Å²) in [6, 6.07) is 65.2. The van der Waals surface area contributed by atoms with Gasteiger partial charge in [-0.15, -0.1) is 0 Å². The molecule has 0 radical (unpaired) electrons. The number of para-hydroxylation sites is 1. The van der Waals surface area contributed by atoms with Crippen LogP contribution in [-0.2, 0) is 32.5 Å². The third kappa shape index (κ3) is 7.80. The van der Waals surface area contributed by atoms with Crippen molar-refractivity contribution in [3.05, 3.63) is 208 Å². The molecule has 0 spiro atoms. The van der Waals surface area contributed by atoms with E-state index in [1.165, 1.54) is 130 Å². The smallest absolute Gasteiger partial charge is 0.252 e. The van der Waals surface area contributed by atoms with Gasteiger partial charge >= 0.3 is 0 Å². The zero-order valence-electron chi connectivity index (χ0n) is 50.8. The Labute approximate surface area is 480 Å². The number of hydrogen-bond acceptors (Lipinski definition) is 3. The van der Waals surface area contributed by atoms with Crippen LogP contribution in [0.2, 0.25) is 0 Å². The van der Waals surface area contributed by atoms with Crippen LogP contribution in [0.3, 0.4) is 0 Å². The average molecular weight is 1050 g/mol. The van der Waals surface area contributed by atoms with Crippen LogP contribution in [0.15, 0.2) is 164 Å². The van der Waals surface area contributed by atoms with Gasteiger partial charge in [0.15, 0.2) is 0 Å². The zero-order valence-corrected chi connectivity index (χ0v) is 50.8. The van der Waals surface area contributed by atoms with Crippen LogP contribution < -0.4 is 31.1 Å². The van der Waals surface area contributed by atoms with Crippen molar-refractivity contribution < 1.29 is 0 Å². The first-order valence-corrected chi connectivity index (χ1v) is 30.2. The molecule has 0 saturated heterocycles. The maximum atomic E-state index is 2.80. The predicted octanol–water partition coefficient (Wildman–Crippen LogP) is 18.8. The maximum absolute atomic E-state index is 2.80. The highest BCUT2D eigenvalue weighted by Crippen LogP contribution is 2.64. The number of hydrogen-bond donors (Lipinski definition) is 0. The van der Waals surface area contributed by atoms with E-state index in [2.05, 4.69) is 282 Å². The quantitative estimate of drug-likeness (QED) is 0.159. The molecule has 2 aliphatic carbocycles. The monoisotopic (exact) mass is 1050 g/mol. The minimum absolute atomic E-state index is 0.00120. The Morgan fingerprint density at radius 1 is 0.412 bits per heavy atom. The molecule has 2 atom stereocenters. The van der Waals surface area contributed by atoms with Crippen molar-refractivity contribution >= 4 is 68.6 Å². The summed E-state index contributed by atoms with van der Waals surface area (Å²) in [7, 11) is 0. The van der Waals surface area contributed by atoms with Crippen LogP contribution >= 0.6 is 0 Å². The Balaban J connectivity index is 1.15. The van der Waals surface area contributed by atoms with Crippen LogP contribution in [0, 0.1) is 6.92 Å². The summed E-state index contributed by atoms with van der Waals surface area (Å²) in [5.74, 6) is 0. The molecule has 8 aromatic carbocycles. The van der Waals surface area contributed by atoms with Crippen LogP contribution in [0.25, 0.3) is 11.1 Å². The van der Waals surface area contributed by atoms with E-state index in [1.54, 1.807) is 0 Å². The van der Waals surface area contributed by atoms with Crippen molar-refractivity contribution in [1.29, 1.82) is 0 Å². The molecule has 3 nitrogen and oxygen atoms in total. The first kappa shape index (κ1) is 52.6. The fourth-order valence-electron chi connectivity index (χ4n) is 15.7. The summed E-state index contributed by atoms with van der Waals surface area (Å²) in [6.45, 7) is 36.2. The van der Waals surface area contributed by atoms with E-state index in [0.717, 1.165) is 25.7 Å². The van der Waals surface area contributed by atoms with Gasteiger partial charge in [-0.25, -0.2) is 0 Å². The van der Waals surface area contributed by atoms with Gasteiger partial charge in [0.1, 0.15) is 0 Å². The molecule has 3 heterocycles. The van der Waals surface area contributed by atoms with Crippen molar-refractivity contribution in [2.75, 3.05) is 14.7 Å². The Morgan fingerprint density at radius 3 is 1.60 bits per heavy atom. The zero-order chi connectivity index (χ0) is 56.3. The molecule has 4 heteroatoms. The summed E-state index contributed by atoms with van der Waals surface area (Å²) in [6.07, 6.45) is 6.96. The fraction of sp³-hybridized carbons (Fsp3) is 0.368. The highest BCUT2D eigenvalue weighted by molar-refractivity contribution is 7.00. The lowest BCUT2D eigenvalue weighted by molar-refractivity contribution is 0.215. The molecular weight excluding hydrogens is 966 g/mol. The summed E-state index contributed by atoms with van der Waals surface area (Å²) >= 11 is 0. The van der Waals surface area contributed by atoms with E-state index in [9.17, 15) is 0 Å². The highest BCUT2D eigenvalue weighted by Gasteiger charge is 2.61. The van der Waals surface area contributed by atoms with Gasteiger partial charge in [0.25, 0.3) is 6.71 Å². The lowest BCUT2D eigenvalue weighted by Gasteiger charge is -2.52. The van der Waals surface area contributed by atoms with Gasteiger partial charge in [-0.2, -0.15) is 0 Å². The normalized spacial score (nSPS) is 20.6. The SMILES string of the molecule is Cc1cc(C(C)(C)C)ccc1N1c2cc(N3c4ccccc4C4(c5ccccc5)CCCCC34C)ccc2B2c3cc4c(cc3N(c3ccc(C(C)(C)C)cc3-c3ccccc3)c3cc(C(C)(C)C)cc1c32)C(C)(C)CCC4(C)C. The van der Waals surface area contributed by atoms with E-state index in [4.69, 9.17) is 0 Å². The van der Waals surface area contributed by atoms with E-state index in [1.807, 2.05) is 0 Å². The van der Waals surface area contributed by atoms with Gasteiger partial charge in [-0.1, -0.05) is 212 Å². The molecule has 0 bridgehead atoms. The number of nitrogens with zero attached hydrogens (tertiary/aromatic N) is 3. The Kier molecular flexibility index (Phi) is 11.7. The van der Waals surface area contributed by atoms with Crippen molar-refractivity contribution in [3.8, 4) is 11.1 Å². The number of rotatable bonds is 5. The van der Waals surface area contributed by atoms with Crippen LogP contribution in [0.1, 0.15) is 180 Å². The van der Waals surface area contributed by atoms with Gasteiger partial charge in [0, 0.05) is 50.8 Å². The second-order valence-electron chi connectivity index (χ2n) is 29.5. The molecular formula is C76H84BN3. The summed E-state index contributed by atoms with van der Waals surface area (Å²) < 4.78 is 0. The predicted molar refractivity (Wildman–Crippen MR) is 345 cm³/mol. The first-order chi connectivity index (χ1) is 37.8. The number of anilines is 8. The standard InChI is InChI=1S/C76H84BN3/c1-49-42-52(70(2,3)4)32-36-62(49)78-65-46-55(80-64-31-23-22-30-57(64)76(51-28-20-17-21-29-51)39-25-24-38-75(76,80)15)34-35-60(65)77-61-47-58-59(74(13,14)41-40-73(58,11)12)48-66(61)79(68-45-54(72(8,9)10)44-67(78)69(68)77)63-37-33-53(71(5,6)7)43-56(63)50-26-18-16-19-27-50/h16-23,26-37,42-48H,24-25,38-41H2,1-15H3. The molecule has 1 fully saturated rings. The average Bonchev–Trinajstić information content (AvgIpc) is 3.89. The number of fused-ring (bicyclic) bond motifs is 8. The molecule has 13 rings (SSSR count). The molecule has 1 saturated carbocycles. The largest absolute Gasteiger partial charge is 0.334 e. The van der Waals surface area contributed by atoms with Crippen molar-refractivity contribution in [2.45, 2.75) is 180 Å². The third-order valence-electron chi connectivity index (χ3n) is 20.4. The van der Waals surface area contributed by atoms with Crippen LogP contribution in [-0.4, -0.2) is 12.3 Å². The van der Waals surface area contributed by atoms with Crippen molar-refractivity contribution in [3.63, 3.8) is 0 Å². The fourth-order valence-corrected chi connectivity index (χ4v) is 15.7. The van der Waals surface area contributed by atoms with E-state index in [-0.39, 0.29) is 44.7 Å². The van der Waals surface area contributed by atoms with Crippen molar-refractivity contribution in [2.24, 2.45) is 0 Å². The molecule has 3 aliphatic heterocycles. The topological polar surface area (TPSA) is 9.72 Å². The molecule has 406 valence electrons. The Hall–Kier alpha value is -6.78. The second-order valence-corrected chi connectivity index (χ2v) is 29.5. The molecule has 2 unspecified atom stereocenters. The molecule has 8 aromatic rings. The maximum Gasteiger partial charge on any atom is 0.252 e. The molecule has 0 N–H and O–H groups in total. The molecule has 5 aliphatic rings. The van der Waals surface area contributed by atoms with E-state index in [0.29, 0.717) is 0 Å². The van der Waals surface area contributed by atoms with Gasteiger partial charge in [0.05, 0.1) is 11.2 Å². The van der Waals surface area contributed by atoms with E-state index < -0.39 is 0 Å². The highest BCUT2D eigenvalue weighted by atomic mass is 15.3. The van der Waals surface area contributed by atoms with Crippen molar-refractivity contribution in [1.82, 2.24) is 0 Å². The first-order valence-electron chi connectivity index (χ1n) is 30.2. The van der Waals surface area contributed by atoms with Gasteiger partial charge < -0.3 is 14.7 Å². The molecule has 80 heavy (non-hydrogen) atoms. The molecule has 0 aromatic heterocycles. The Bertz CT molecular complexity index is 3790. The summed E-state index contributed by atoms with van der Waals surface area (Å²) in [4.78, 5) is 8.25. The third-order valence-corrected chi connectivity index (χ3v) is 20.4. The van der Waals surface area contributed by atoms with Gasteiger partial charge in [0.2, 0.25) is 0 Å². The lowest BCUT2D eigenvalue weighted by atomic mass is 9.33. The minimum Gasteiger partial charge on any atom is -0.334 e. The summed E-state index contributed by atoms with van der Waals surface area (Å²) in [5, 5.41) is 0. The number of aryl methyl sites for hydroxylation is 1. The van der Waals surface area contributed by atoms with Crippen LogP contribution in [0.4, 0.5) is 45.5 Å². The van der Waals surface area contributed by atoms with Gasteiger partial charge in [-0.05, 0) is 188 Å². The number of benzene rings is 8. The van der Waals surface area contributed by atoms with Gasteiger partial charge in [-0.3, -0.25) is 0 Å². The second kappa shape index (κ2) is 17.9. The lowest BCUT2D eigenvalue weighted by Crippen LogP contribution is -2.62. The van der Waals surface area contributed by atoms with Crippen LogP contribution in [0.5, 0.6) is 0 Å².